The van der Waals surface area contributed by atoms with Crippen LogP contribution >= 0.6 is 0 Å². The van der Waals surface area contributed by atoms with Gasteiger partial charge in [-0.05, 0) is 67.4 Å². The third-order valence-electron chi connectivity index (χ3n) is 4.52. The zero-order valence-corrected chi connectivity index (χ0v) is 17.5. The van der Waals surface area contributed by atoms with Crippen molar-refractivity contribution in [1.29, 1.82) is 0 Å². The number of nitrogens with zero attached hydrogens (tertiary/aromatic N) is 1. The van der Waals surface area contributed by atoms with Crippen LogP contribution in [0.25, 0.3) is 10.8 Å². The normalized spacial score (nSPS) is 12.3. The van der Waals surface area contributed by atoms with Gasteiger partial charge in [0, 0.05) is 5.69 Å². The van der Waals surface area contributed by atoms with Crippen LogP contribution in [0.3, 0.4) is 0 Å². The molecule has 0 fully saturated rings. The van der Waals surface area contributed by atoms with Crippen LogP contribution in [0.15, 0.2) is 66.7 Å². The van der Waals surface area contributed by atoms with Gasteiger partial charge in [-0.1, -0.05) is 36.4 Å². The molecular weight excluding hydrogens is 382 g/mol. The van der Waals surface area contributed by atoms with Crippen LogP contribution in [0.1, 0.15) is 32.4 Å². The van der Waals surface area contributed by atoms with Crippen LogP contribution in [0.5, 0.6) is 5.75 Å². The minimum Gasteiger partial charge on any atom is -0.497 e. The number of carbonyl (C=O) groups is 2. The summed E-state index contributed by atoms with van der Waals surface area (Å²) in [6, 6.07) is 18.4. The van der Waals surface area contributed by atoms with Gasteiger partial charge in [0.15, 0.2) is 6.04 Å². The molecule has 1 amide bonds. The zero-order valence-electron chi connectivity index (χ0n) is 17.5. The fourth-order valence-electron chi connectivity index (χ4n) is 3.19. The molecule has 0 saturated heterocycles. The Hall–Kier alpha value is -3.54. The molecule has 3 rings (SSSR count). The van der Waals surface area contributed by atoms with E-state index in [2.05, 4.69) is 0 Å². The van der Waals surface area contributed by atoms with Gasteiger partial charge in [-0.3, -0.25) is 4.90 Å². The first-order valence-corrected chi connectivity index (χ1v) is 9.57. The van der Waals surface area contributed by atoms with E-state index < -0.39 is 23.7 Å². The quantitative estimate of drug-likeness (QED) is 0.611. The van der Waals surface area contributed by atoms with Gasteiger partial charge in [0.2, 0.25) is 0 Å². The topological polar surface area (TPSA) is 76.1 Å². The molecule has 0 aliphatic rings. The zero-order chi connectivity index (χ0) is 21.9. The van der Waals surface area contributed by atoms with Crippen LogP contribution in [0, 0.1) is 0 Å². The lowest BCUT2D eigenvalue weighted by Gasteiger charge is -2.32. The summed E-state index contributed by atoms with van der Waals surface area (Å²) in [5, 5.41) is 12.0. The lowest BCUT2D eigenvalue weighted by Crippen LogP contribution is -2.42. The highest BCUT2D eigenvalue weighted by Gasteiger charge is 2.35. The summed E-state index contributed by atoms with van der Waals surface area (Å²) in [7, 11) is 1.54. The lowest BCUT2D eigenvalue weighted by molar-refractivity contribution is -0.138. The smallest absolute Gasteiger partial charge is 0.415 e. The van der Waals surface area contributed by atoms with E-state index in [0.717, 1.165) is 15.7 Å². The second-order valence-corrected chi connectivity index (χ2v) is 7.90. The lowest BCUT2D eigenvalue weighted by atomic mass is 10.0. The maximum absolute atomic E-state index is 13.1. The molecular formula is C24H25NO5. The molecule has 0 aliphatic heterocycles. The molecule has 6 heteroatoms. The van der Waals surface area contributed by atoms with Crippen molar-refractivity contribution in [3.05, 3.63) is 72.3 Å². The van der Waals surface area contributed by atoms with Crippen LogP contribution in [0.2, 0.25) is 0 Å². The molecule has 0 unspecified atom stereocenters. The average Bonchev–Trinajstić information content (AvgIpc) is 2.70. The number of ether oxygens (including phenoxy) is 2. The number of hydrogen-bond donors (Lipinski definition) is 1. The van der Waals surface area contributed by atoms with Crippen molar-refractivity contribution in [2.75, 3.05) is 12.0 Å². The Morgan fingerprint density at radius 2 is 1.57 bits per heavy atom. The Labute approximate surface area is 175 Å². The minimum absolute atomic E-state index is 0.394. The minimum atomic E-state index is -1.27. The maximum atomic E-state index is 13.1. The van der Waals surface area contributed by atoms with Gasteiger partial charge in [-0.25, -0.2) is 9.59 Å². The molecule has 0 aliphatic carbocycles. The van der Waals surface area contributed by atoms with Crippen LogP contribution in [-0.4, -0.2) is 29.9 Å². The summed E-state index contributed by atoms with van der Waals surface area (Å²) >= 11 is 0. The monoisotopic (exact) mass is 407 g/mol. The number of amides is 1. The second kappa shape index (κ2) is 8.45. The SMILES string of the molecule is COc1ccc(N(C(=O)OC(C)(C)C)[C@@H](C(=O)O)c2ccc3ccccc3c2)cc1. The van der Waals surface area contributed by atoms with E-state index in [1.807, 2.05) is 30.3 Å². The predicted octanol–water partition coefficient (Wildman–Crippen LogP) is 5.42. The number of hydrogen-bond acceptors (Lipinski definition) is 4. The maximum Gasteiger partial charge on any atom is 0.415 e. The number of carboxylic acids is 1. The summed E-state index contributed by atoms with van der Waals surface area (Å²) in [5.74, 6) is -0.563. The molecule has 0 saturated carbocycles. The van der Waals surface area contributed by atoms with Gasteiger partial charge in [0.25, 0.3) is 0 Å². The van der Waals surface area contributed by atoms with Gasteiger partial charge in [0.1, 0.15) is 11.4 Å². The van der Waals surface area contributed by atoms with Crippen molar-refractivity contribution in [1.82, 2.24) is 0 Å². The molecule has 3 aromatic rings. The van der Waals surface area contributed by atoms with E-state index in [9.17, 15) is 14.7 Å². The highest BCUT2D eigenvalue weighted by atomic mass is 16.6. The molecule has 0 bridgehead atoms. The number of fused-ring (bicyclic) bond motifs is 1. The third-order valence-corrected chi connectivity index (χ3v) is 4.52. The number of methoxy groups -OCH3 is 1. The Bertz CT molecular complexity index is 1050. The van der Waals surface area contributed by atoms with E-state index in [-0.39, 0.29) is 0 Å². The number of benzene rings is 3. The second-order valence-electron chi connectivity index (χ2n) is 7.90. The summed E-state index contributed by atoms with van der Waals surface area (Å²) in [6.45, 7) is 5.22. The van der Waals surface area contributed by atoms with Gasteiger partial charge in [-0.15, -0.1) is 0 Å². The Kier molecular flexibility index (Phi) is 5.96. The highest BCUT2D eigenvalue weighted by molar-refractivity contribution is 5.97. The Morgan fingerprint density at radius 1 is 0.933 bits per heavy atom. The van der Waals surface area contributed by atoms with Crippen molar-refractivity contribution in [2.45, 2.75) is 32.4 Å². The molecule has 1 atom stereocenters. The molecule has 0 heterocycles. The average molecular weight is 407 g/mol. The van der Waals surface area contributed by atoms with Crippen molar-refractivity contribution in [2.24, 2.45) is 0 Å². The molecule has 0 radical (unpaired) electrons. The standard InChI is InChI=1S/C24H25NO5/c1-24(2,3)30-23(28)25(19-11-13-20(29-4)14-12-19)21(22(26)27)18-10-9-16-7-5-6-8-17(16)15-18/h5-15,21H,1-4H3,(H,26,27)/t21-/m1/s1. The number of carbonyl (C=O) groups excluding carboxylic acids is 1. The summed E-state index contributed by atoms with van der Waals surface area (Å²) in [5.41, 5.74) is 0.0855. The molecule has 0 spiro atoms. The Morgan fingerprint density at radius 3 is 2.13 bits per heavy atom. The van der Waals surface area contributed by atoms with E-state index >= 15 is 0 Å². The van der Waals surface area contributed by atoms with Crippen molar-refractivity contribution in [3.63, 3.8) is 0 Å². The van der Waals surface area contributed by atoms with Gasteiger partial charge < -0.3 is 14.6 Å². The fourth-order valence-corrected chi connectivity index (χ4v) is 3.19. The van der Waals surface area contributed by atoms with Crippen molar-refractivity contribution >= 4 is 28.5 Å². The van der Waals surface area contributed by atoms with Gasteiger partial charge in [-0.2, -0.15) is 0 Å². The van der Waals surface area contributed by atoms with E-state index in [4.69, 9.17) is 9.47 Å². The number of anilines is 1. The number of carboxylic acid groups (broad SMARTS) is 1. The van der Waals surface area contributed by atoms with Crippen LogP contribution < -0.4 is 9.64 Å². The van der Waals surface area contributed by atoms with Crippen molar-refractivity contribution < 1.29 is 24.2 Å². The van der Waals surface area contributed by atoms with E-state index in [1.165, 1.54) is 7.11 Å². The third kappa shape index (κ3) is 4.71. The first-order chi connectivity index (χ1) is 14.2. The summed E-state index contributed by atoms with van der Waals surface area (Å²) in [4.78, 5) is 26.6. The highest BCUT2D eigenvalue weighted by Crippen LogP contribution is 2.32. The molecule has 3 aromatic carbocycles. The molecule has 156 valence electrons. The van der Waals surface area contributed by atoms with Gasteiger partial charge in [0.05, 0.1) is 7.11 Å². The number of rotatable bonds is 5. The number of aliphatic carboxylic acids is 1. The fraction of sp³-hybridized carbons (Fsp3) is 0.250. The first-order valence-electron chi connectivity index (χ1n) is 9.57. The summed E-state index contributed by atoms with van der Waals surface area (Å²) in [6.07, 6.45) is -0.742. The molecule has 0 aromatic heterocycles. The van der Waals surface area contributed by atoms with E-state index in [1.54, 1.807) is 57.2 Å². The first kappa shape index (κ1) is 21.2. The van der Waals surface area contributed by atoms with Gasteiger partial charge >= 0.3 is 12.1 Å². The van der Waals surface area contributed by atoms with Crippen molar-refractivity contribution in [3.8, 4) is 5.75 Å². The van der Waals surface area contributed by atoms with E-state index in [0.29, 0.717) is 17.0 Å². The van der Waals surface area contributed by atoms with Crippen LogP contribution in [0.4, 0.5) is 10.5 Å². The summed E-state index contributed by atoms with van der Waals surface area (Å²) < 4.78 is 10.7. The molecule has 30 heavy (non-hydrogen) atoms. The Balaban J connectivity index is 2.12. The molecule has 6 nitrogen and oxygen atoms in total. The largest absolute Gasteiger partial charge is 0.497 e. The van der Waals surface area contributed by atoms with Crippen LogP contribution in [-0.2, 0) is 9.53 Å². The molecule has 1 N–H and O–H groups in total. The predicted molar refractivity (Wildman–Crippen MR) is 116 cm³/mol.